The maximum absolute atomic E-state index is 12.0. The van der Waals surface area contributed by atoms with E-state index in [1.807, 2.05) is 12.2 Å². The lowest BCUT2D eigenvalue weighted by molar-refractivity contribution is -0.719. The molecule has 5 nitrogen and oxygen atoms in total. The Labute approximate surface area is 139 Å². The zero-order valence-corrected chi connectivity index (χ0v) is 14.8. The summed E-state index contributed by atoms with van der Waals surface area (Å²) in [7, 11) is 1.49. The normalized spacial score (nSPS) is 13.5. The Kier molecular flexibility index (Phi) is 7.75. The zero-order valence-electron chi connectivity index (χ0n) is 14.8. The molecule has 0 aliphatic heterocycles. The number of nitrogens with two attached hydrogens (primary N) is 1. The molecule has 0 unspecified atom stereocenters. The quantitative estimate of drug-likeness (QED) is 0.716. The summed E-state index contributed by atoms with van der Waals surface area (Å²) < 4.78 is 0. The fourth-order valence-electron chi connectivity index (χ4n) is 2.60. The third-order valence-corrected chi connectivity index (χ3v) is 3.99. The van der Waals surface area contributed by atoms with Crippen molar-refractivity contribution >= 4 is 11.9 Å². The lowest BCUT2D eigenvalue weighted by Gasteiger charge is -2.23. The van der Waals surface area contributed by atoms with Crippen LogP contribution >= 0.6 is 0 Å². The average Bonchev–Trinajstić information content (AvgIpc) is 2.53. The van der Waals surface area contributed by atoms with Gasteiger partial charge in [0.25, 0.3) is 5.91 Å². The molecule has 0 aliphatic carbocycles. The number of urea groups is 1. The van der Waals surface area contributed by atoms with Crippen LogP contribution in [0.3, 0.4) is 0 Å². The van der Waals surface area contributed by atoms with Gasteiger partial charge >= 0.3 is 6.03 Å². The molecule has 0 spiro atoms. The molecule has 0 saturated carbocycles. The molecule has 5 heteroatoms. The largest absolute Gasteiger partial charge is 0.341 e. The summed E-state index contributed by atoms with van der Waals surface area (Å²) in [5.41, 5.74) is 2.55. The summed E-state index contributed by atoms with van der Waals surface area (Å²) in [5, 5.41) is 6.75. The van der Waals surface area contributed by atoms with Gasteiger partial charge in [0.2, 0.25) is 0 Å². The molecular weight excluding hydrogens is 290 g/mol. The lowest BCUT2D eigenvalue weighted by atomic mass is 9.94. The van der Waals surface area contributed by atoms with Crippen molar-refractivity contribution in [1.29, 1.82) is 0 Å². The Bertz CT molecular complexity index is 512. The molecule has 0 saturated heterocycles. The Morgan fingerprint density at radius 1 is 1.13 bits per heavy atom. The van der Waals surface area contributed by atoms with Gasteiger partial charge in [-0.15, -0.1) is 0 Å². The van der Waals surface area contributed by atoms with Crippen LogP contribution in [0.15, 0.2) is 24.3 Å². The summed E-state index contributed by atoms with van der Waals surface area (Å²) in [6.45, 7) is 8.28. The minimum absolute atomic E-state index is 0.177. The number of benzene rings is 1. The summed E-state index contributed by atoms with van der Waals surface area (Å²) in [5.74, 6) is 0.0971. The number of nitrogens with one attached hydrogen (secondary N) is 2. The summed E-state index contributed by atoms with van der Waals surface area (Å²) >= 11 is 0. The summed E-state index contributed by atoms with van der Waals surface area (Å²) in [6.07, 6.45) is 2.22. The topological polar surface area (TPSA) is 74.8 Å². The van der Waals surface area contributed by atoms with E-state index in [0.29, 0.717) is 5.92 Å². The number of carbonyl (C=O) groups is 2. The highest BCUT2D eigenvalue weighted by atomic mass is 16.2. The molecule has 1 aromatic rings. The first-order valence-electron chi connectivity index (χ1n) is 8.35. The van der Waals surface area contributed by atoms with Gasteiger partial charge in [-0.2, -0.15) is 0 Å². The van der Waals surface area contributed by atoms with Crippen LogP contribution in [-0.2, 0) is 11.2 Å². The fourth-order valence-corrected chi connectivity index (χ4v) is 2.60. The number of amides is 3. The molecule has 0 heterocycles. The monoisotopic (exact) mass is 320 g/mol. The second kappa shape index (κ2) is 9.30. The molecular formula is C18H30N3O2+. The summed E-state index contributed by atoms with van der Waals surface area (Å²) in [4.78, 5) is 23.3. The minimum atomic E-state index is -0.472. The van der Waals surface area contributed by atoms with Crippen LogP contribution in [0.1, 0.15) is 51.3 Å². The predicted octanol–water partition coefficient (Wildman–Crippen LogP) is 1.74. The van der Waals surface area contributed by atoms with Crippen molar-refractivity contribution in [3.63, 3.8) is 0 Å². The van der Waals surface area contributed by atoms with Gasteiger partial charge in [-0.05, 0) is 18.9 Å². The highest BCUT2D eigenvalue weighted by molar-refractivity contribution is 5.95. The third-order valence-electron chi connectivity index (χ3n) is 3.99. The van der Waals surface area contributed by atoms with Crippen LogP contribution in [-0.4, -0.2) is 25.0 Å². The van der Waals surface area contributed by atoms with Crippen molar-refractivity contribution < 1.29 is 14.9 Å². The summed E-state index contributed by atoms with van der Waals surface area (Å²) in [6, 6.07) is 7.99. The highest BCUT2D eigenvalue weighted by Crippen LogP contribution is 2.19. The number of hydrogen-bond acceptors (Lipinski definition) is 2. The smallest absolute Gasteiger partial charge is 0.321 e. The van der Waals surface area contributed by atoms with Crippen molar-refractivity contribution in [1.82, 2.24) is 10.6 Å². The lowest BCUT2D eigenvalue weighted by Crippen LogP contribution is -2.93. The molecule has 0 fully saturated rings. The van der Waals surface area contributed by atoms with Gasteiger partial charge in [0.1, 0.15) is 6.04 Å². The van der Waals surface area contributed by atoms with Gasteiger partial charge in [-0.3, -0.25) is 10.1 Å². The van der Waals surface area contributed by atoms with Crippen LogP contribution < -0.4 is 16.0 Å². The molecule has 0 aliphatic rings. The first-order chi connectivity index (χ1) is 10.9. The number of aryl methyl sites for hydroxylation is 1. The van der Waals surface area contributed by atoms with E-state index in [-0.39, 0.29) is 18.0 Å². The van der Waals surface area contributed by atoms with Crippen LogP contribution in [0, 0.1) is 5.92 Å². The molecule has 3 amide bonds. The van der Waals surface area contributed by atoms with Crippen LogP contribution in [0.25, 0.3) is 0 Å². The molecule has 4 N–H and O–H groups in total. The van der Waals surface area contributed by atoms with Crippen LogP contribution in [0.5, 0.6) is 0 Å². The maximum Gasteiger partial charge on any atom is 0.321 e. The fraction of sp³-hybridized carbons (Fsp3) is 0.556. The minimum Gasteiger partial charge on any atom is -0.341 e. The van der Waals surface area contributed by atoms with E-state index in [4.69, 9.17) is 0 Å². The van der Waals surface area contributed by atoms with E-state index < -0.39 is 6.03 Å². The molecule has 0 radical (unpaired) electrons. The first-order valence-corrected chi connectivity index (χ1v) is 8.35. The van der Waals surface area contributed by atoms with Crippen LogP contribution in [0.4, 0.5) is 4.79 Å². The third kappa shape index (κ3) is 6.02. The molecule has 1 aromatic carbocycles. The molecule has 2 atom stereocenters. The standard InChI is InChI=1S/C18H29N3O2/c1-6-7-14-8-10-15(11-9-14)16(12(2)3)20-13(4)17(22)21-18(23)19-5/h8-13,16,20H,6-7H2,1-5H3,(H2,19,21,22,23)/p+1/t13-,16+/m1/s1. The van der Waals surface area contributed by atoms with Gasteiger partial charge in [0.15, 0.2) is 6.04 Å². The van der Waals surface area contributed by atoms with Gasteiger partial charge in [0.05, 0.1) is 0 Å². The van der Waals surface area contributed by atoms with Crippen molar-refractivity contribution in [2.75, 3.05) is 7.05 Å². The van der Waals surface area contributed by atoms with E-state index >= 15 is 0 Å². The SMILES string of the molecule is CCCc1ccc([C@@H]([NH2+][C@H](C)C(=O)NC(=O)NC)C(C)C)cc1. The Hall–Kier alpha value is -1.88. The Morgan fingerprint density at radius 3 is 2.22 bits per heavy atom. The zero-order chi connectivity index (χ0) is 17.4. The molecule has 1 rings (SSSR count). The highest BCUT2D eigenvalue weighted by Gasteiger charge is 2.26. The maximum atomic E-state index is 12.0. The second-order valence-electron chi connectivity index (χ2n) is 6.31. The molecule has 0 bridgehead atoms. The Balaban J connectivity index is 2.78. The van der Waals surface area contributed by atoms with E-state index in [2.05, 4.69) is 55.7 Å². The Morgan fingerprint density at radius 2 is 1.74 bits per heavy atom. The van der Waals surface area contributed by atoms with Crippen molar-refractivity contribution in [2.24, 2.45) is 5.92 Å². The number of rotatable bonds is 7. The van der Waals surface area contributed by atoms with Gasteiger partial charge in [0, 0.05) is 18.5 Å². The van der Waals surface area contributed by atoms with Gasteiger partial charge in [-0.1, -0.05) is 51.5 Å². The average molecular weight is 320 g/mol. The van der Waals surface area contributed by atoms with E-state index in [1.165, 1.54) is 18.2 Å². The van der Waals surface area contributed by atoms with Crippen LogP contribution in [0.2, 0.25) is 0 Å². The molecule has 128 valence electrons. The van der Waals surface area contributed by atoms with E-state index in [1.54, 1.807) is 0 Å². The molecule has 0 aromatic heterocycles. The number of carbonyl (C=O) groups excluding carboxylic acids is 2. The van der Waals surface area contributed by atoms with Crippen molar-refractivity contribution in [3.05, 3.63) is 35.4 Å². The van der Waals surface area contributed by atoms with Crippen molar-refractivity contribution in [3.8, 4) is 0 Å². The predicted molar refractivity (Wildman–Crippen MR) is 92.0 cm³/mol. The van der Waals surface area contributed by atoms with Crippen molar-refractivity contribution in [2.45, 2.75) is 52.6 Å². The number of imide groups is 1. The number of hydrogen-bond donors (Lipinski definition) is 3. The van der Waals surface area contributed by atoms with Gasteiger partial charge in [-0.25, -0.2) is 4.79 Å². The number of quaternary nitrogens is 1. The second-order valence-corrected chi connectivity index (χ2v) is 6.31. The first kappa shape index (κ1) is 19.2. The molecule has 23 heavy (non-hydrogen) atoms. The van der Waals surface area contributed by atoms with E-state index in [9.17, 15) is 9.59 Å². The van der Waals surface area contributed by atoms with E-state index in [0.717, 1.165) is 12.8 Å². The van der Waals surface area contributed by atoms with Gasteiger partial charge < -0.3 is 10.6 Å².